The van der Waals surface area contributed by atoms with Gasteiger partial charge in [0, 0.05) is 36.2 Å². The Morgan fingerprint density at radius 1 is 0.882 bits per heavy atom. The van der Waals surface area contributed by atoms with Crippen molar-refractivity contribution in [2.45, 2.75) is 19.3 Å². The second-order valence-corrected chi connectivity index (χ2v) is 10.1. The largest absolute Gasteiger partial charge is 0.341 e. The number of carbonyl (C=O) groups excluding carboxylic acids is 3. The zero-order valence-electron chi connectivity index (χ0n) is 18.9. The fourth-order valence-electron chi connectivity index (χ4n) is 4.12. The predicted molar refractivity (Wildman–Crippen MR) is 137 cm³/mol. The lowest BCUT2D eigenvalue weighted by Crippen LogP contribution is -2.38. The van der Waals surface area contributed by atoms with Gasteiger partial charge in [-0.1, -0.05) is 36.4 Å². The summed E-state index contributed by atoms with van der Waals surface area (Å²) in [6.07, 6.45) is 2.15. The van der Waals surface area contributed by atoms with Gasteiger partial charge in [-0.05, 0) is 53.4 Å². The van der Waals surface area contributed by atoms with Gasteiger partial charge < -0.3 is 15.5 Å². The minimum absolute atomic E-state index is 0.0364. The minimum Gasteiger partial charge on any atom is -0.341 e. The van der Waals surface area contributed by atoms with Crippen molar-refractivity contribution in [1.29, 1.82) is 0 Å². The van der Waals surface area contributed by atoms with Gasteiger partial charge in [0.2, 0.25) is 11.8 Å². The zero-order valence-corrected chi connectivity index (χ0v) is 19.7. The third-order valence-corrected chi connectivity index (χ3v) is 7.21. The van der Waals surface area contributed by atoms with Crippen LogP contribution in [0.25, 0.3) is 10.8 Å². The summed E-state index contributed by atoms with van der Waals surface area (Å²) in [4.78, 5) is 40.0. The summed E-state index contributed by atoms with van der Waals surface area (Å²) >= 11 is 1.88. The minimum atomic E-state index is -0.286. The molecule has 1 heterocycles. The molecule has 0 unspecified atom stereocenters. The van der Waals surface area contributed by atoms with Gasteiger partial charge in [-0.15, -0.1) is 0 Å². The van der Waals surface area contributed by atoms with Gasteiger partial charge in [-0.2, -0.15) is 11.8 Å². The molecule has 0 spiro atoms. The van der Waals surface area contributed by atoms with Crippen LogP contribution in [0.15, 0.2) is 60.7 Å². The topological polar surface area (TPSA) is 78.5 Å². The van der Waals surface area contributed by atoms with Crippen molar-refractivity contribution in [2.75, 3.05) is 35.2 Å². The Balaban J connectivity index is 1.30. The highest BCUT2D eigenvalue weighted by molar-refractivity contribution is 7.99. The second kappa shape index (κ2) is 9.89. The first-order valence-corrected chi connectivity index (χ1v) is 12.8. The fourth-order valence-corrected chi connectivity index (χ4v) is 5.02. The van der Waals surface area contributed by atoms with E-state index in [-0.39, 0.29) is 23.6 Å². The number of fused-ring (bicyclic) bond motifs is 1. The van der Waals surface area contributed by atoms with E-state index >= 15 is 0 Å². The Kier molecular flexibility index (Phi) is 6.54. The van der Waals surface area contributed by atoms with E-state index in [1.807, 2.05) is 77.3 Å². The molecule has 0 bridgehead atoms. The third-order valence-electron chi connectivity index (χ3n) is 6.27. The molecule has 2 fully saturated rings. The number of amides is 3. The van der Waals surface area contributed by atoms with Crippen LogP contribution >= 0.6 is 11.8 Å². The average Bonchev–Trinajstić information content (AvgIpc) is 3.71. The van der Waals surface area contributed by atoms with E-state index in [0.717, 1.165) is 53.8 Å². The summed E-state index contributed by atoms with van der Waals surface area (Å²) < 4.78 is 0. The number of rotatable bonds is 6. The molecular formula is C27H27N3O3S. The second-order valence-electron chi connectivity index (χ2n) is 8.83. The van der Waals surface area contributed by atoms with E-state index in [4.69, 9.17) is 0 Å². The van der Waals surface area contributed by atoms with E-state index < -0.39 is 0 Å². The fraction of sp³-hybridized carbons (Fsp3) is 0.296. The standard InChI is InChI=1S/C27H27N3O3S/c31-25(30-11-13-34-14-12-30)15-18-5-9-22(10-6-18)28-27(33)23-16-20-3-1-2-4-21(20)17-24(23)29-26(32)19-7-8-19/h1-6,9-10,16-17,19H,7-8,11-15H2,(H,28,33)(H,29,32). The van der Waals surface area contributed by atoms with Gasteiger partial charge in [0.15, 0.2) is 0 Å². The number of hydrogen-bond acceptors (Lipinski definition) is 4. The molecule has 5 rings (SSSR count). The maximum atomic E-state index is 13.2. The molecule has 1 aliphatic carbocycles. The highest BCUT2D eigenvalue weighted by atomic mass is 32.2. The highest BCUT2D eigenvalue weighted by Gasteiger charge is 2.30. The van der Waals surface area contributed by atoms with E-state index in [1.54, 1.807) is 0 Å². The third kappa shape index (κ3) is 5.25. The molecule has 34 heavy (non-hydrogen) atoms. The molecule has 0 radical (unpaired) electrons. The number of nitrogens with zero attached hydrogens (tertiary/aromatic N) is 1. The summed E-state index contributed by atoms with van der Waals surface area (Å²) in [5.41, 5.74) is 2.51. The average molecular weight is 474 g/mol. The Hall–Kier alpha value is -3.32. The van der Waals surface area contributed by atoms with Crippen molar-refractivity contribution in [1.82, 2.24) is 4.90 Å². The zero-order chi connectivity index (χ0) is 23.5. The summed E-state index contributed by atoms with van der Waals surface area (Å²) in [5.74, 6) is 1.85. The Morgan fingerprint density at radius 2 is 1.56 bits per heavy atom. The van der Waals surface area contributed by atoms with Crippen molar-refractivity contribution < 1.29 is 14.4 Å². The summed E-state index contributed by atoms with van der Waals surface area (Å²) in [7, 11) is 0. The molecule has 174 valence electrons. The number of hydrogen-bond donors (Lipinski definition) is 2. The smallest absolute Gasteiger partial charge is 0.257 e. The SMILES string of the molecule is O=C(Nc1ccc(CC(=O)N2CCSCC2)cc1)c1cc2ccccc2cc1NC(=O)C1CC1. The number of benzene rings is 3. The van der Waals surface area contributed by atoms with Crippen molar-refractivity contribution in [2.24, 2.45) is 5.92 Å². The molecule has 3 aromatic rings. The van der Waals surface area contributed by atoms with Gasteiger partial charge in [-0.25, -0.2) is 0 Å². The lowest BCUT2D eigenvalue weighted by atomic mass is 10.0. The van der Waals surface area contributed by atoms with Crippen LogP contribution in [-0.2, 0) is 16.0 Å². The first kappa shape index (κ1) is 22.5. The summed E-state index contributed by atoms with van der Waals surface area (Å²) in [6.45, 7) is 1.62. The van der Waals surface area contributed by atoms with Gasteiger partial charge in [0.05, 0.1) is 17.7 Å². The van der Waals surface area contributed by atoms with Crippen molar-refractivity contribution in [3.63, 3.8) is 0 Å². The Labute approximate surface area is 203 Å². The van der Waals surface area contributed by atoms with Gasteiger partial charge >= 0.3 is 0 Å². The summed E-state index contributed by atoms with van der Waals surface area (Å²) in [6, 6.07) is 18.8. The number of thioether (sulfide) groups is 1. The molecule has 0 atom stereocenters. The maximum Gasteiger partial charge on any atom is 0.257 e. The molecule has 0 aromatic heterocycles. The van der Waals surface area contributed by atoms with E-state index in [1.165, 1.54) is 0 Å². The van der Waals surface area contributed by atoms with Crippen LogP contribution in [-0.4, -0.2) is 47.2 Å². The van der Waals surface area contributed by atoms with Crippen LogP contribution in [0.4, 0.5) is 11.4 Å². The summed E-state index contributed by atoms with van der Waals surface area (Å²) in [5, 5.41) is 7.78. The van der Waals surface area contributed by atoms with Crippen molar-refractivity contribution in [3.8, 4) is 0 Å². The maximum absolute atomic E-state index is 13.2. The molecule has 1 aliphatic heterocycles. The van der Waals surface area contributed by atoms with Crippen molar-refractivity contribution in [3.05, 3.63) is 71.8 Å². The van der Waals surface area contributed by atoms with Crippen molar-refractivity contribution >= 4 is 51.6 Å². The first-order valence-electron chi connectivity index (χ1n) is 11.7. The van der Waals surface area contributed by atoms with Gasteiger partial charge in [-0.3, -0.25) is 14.4 Å². The Bertz CT molecular complexity index is 1230. The van der Waals surface area contributed by atoms with Crippen LogP contribution in [0, 0.1) is 5.92 Å². The molecule has 1 saturated heterocycles. The number of anilines is 2. The number of nitrogens with one attached hydrogen (secondary N) is 2. The molecule has 6 nitrogen and oxygen atoms in total. The van der Waals surface area contributed by atoms with Crippen LogP contribution in [0.2, 0.25) is 0 Å². The first-order chi connectivity index (χ1) is 16.6. The van der Waals surface area contributed by atoms with Gasteiger partial charge in [0.25, 0.3) is 5.91 Å². The van der Waals surface area contributed by atoms with E-state index in [2.05, 4.69) is 10.6 Å². The van der Waals surface area contributed by atoms with E-state index in [9.17, 15) is 14.4 Å². The Morgan fingerprint density at radius 3 is 2.24 bits per heavy atom. The molecular weight excluding hydrogens is 446 g/mol. The van der Waals surface area contributed by atoms with Crippen LogP contribution in [0.1, 0.15) is 28.8 Å². The van der Waals surface area contributed by atoms with Crippen LogP contribution in [0.5, 0.6) is 0 Å². The van der Waals surface area contributed by atoms with Crippen LogP contribution in [0.3, 0.4) is 0 Å². The van der Waals surface area contributed by atoms with Crippen LogP contribution < -0.4 is 10.6 Å². The lowest BCUT2D eigenvalue weighted by molar-refractivity contribution is -0.130. The number of carbonyl (C=O) groups is 3. The molecule has 7 heteroatoms. The van der Waals surface area contributed by atoms with Gasteiger partial charge in [0.1, 0.15) is 0 Å². The van der Waals surface area contributed by atoms with E-state index in [0.29, 0.717) is 23.4 Å². The molecule has 1 saturated carbocycles. The lowest BCUT2D eigenvalue weighted by Gasteiger charge is -2.26. The molecule has 2 aliphatic rings. The molecule has 2 N–H and O–H groups in total. The highest BCUT2D eigenvalue weighted by Crippen LogP contribution is 2.32. The molecule has 3 aromatic carbocycles. The molecule has 3 amide bonds. The predicted octanol–water partition coefficient (Wildman–Crippen LogP) is 4.56. The quantitative estimate of drug-likeness (QED) is 0.550. The normalized spacial score (nSPS) is 15.7. The monoisotopic (exact) mass is 473 g/mol.